The lowest BCUT2D eigenvalue weighted by molar-refractivity contribution is 0.310. The smallest absolute Gasteiger partial charge is 0.131 e. The molecule has 3 rings (SSSR count). The molecule has 1 aromatic rings. The molecule has 1 nitrogen and oxygen atoms in total. The third-order valence-electron chi connectivity index (χ3n) is 4.94. The molecular formula is C16H20ClFO. The molecule has 0 radical (unpaired) electrons. The van der Waals surface area contributed by atoms with Gasteiger partial charge in [0.2, 0.25) is 0 Å². The summed E-state index contributed by atoms with van der Waals surface area (Å²) in [7, 11) is 1.54. The fraction of sp³-hybridized carbons (Fsp3) is 0.625. The van der Waals surface area contributed by atoms with E-state index in [1.807, 2.05) is 0 Å². The normalized spacial score (nSPS) is 30.6. The molecule has 1 aromatic carbocycles. The van der Waals surface area contributed by atoms with Crippen LogP contribution in [0.25, 0.3) is 0 Å². The number of halogens is 2. The van der Waals surface area contributed by atoms with Crippen molar-refractivity contribution in [3.05, 3.63) is 29.6 Å². The van der Waals surface area contributed by atoms with Gasteiger partial charge in [0.05, 0.1) is 12.5 Å². The molecule has 4 atom stereocenters. The zero-order valence-electron chi connectivity index (χ0n) is 11.2. The molecule has 2 bridgehead atoms. The first-order valence-electron chi connectivity index (χ1n) is 7.15. The number of hydrogen-bond donors (Lipinski definition) is 0. The third-order valence-corrected chi connectivity index (χ3v) is 5.35. The SMILES string of the molecule is COc1ccc(C(Cl)CC2CC3CCC2C3)c(F)c1. The molecule has 0 aromatic heterocycles. The highest BCUT2D eigenvalue weighted by Gasteiger charge is 2.40. The number of alkyl halides is 1. The fourth-order valence-corrected chi connectivity index (χ4v) is 4.35. The second kappa shape index (κ2) is 5.32. The summed E-state index contributed by atoms with van der Waals surface area (Å²) in [5, 5.41) is -0.213. The zero-order valence-corrected chi connectivity index (χ0v) is 12.0. The van der Waals surface area contributed by atoms with Gasteiger partial charge in [0, 0.05) is 11.6 Å². The first kappa shape index (κ1) is 13.2. The average molecular weight is 283 g/mol. The second-order valence-corrected chi connectivity index (χ2v) is 6.55. The van der Waals surface area contributed by atoms with Crippen molar-refractivity contribution >= 4 is 11.6 Å². The van der Waals surface area contributed by atoms with Gasteiger partial charge in [-0.1, -0.05) is 12.5 Å². The fourth-order valence-electron chi connectivity index (χ4n) is 3.95. The molecule has 104 valence electrons. The Hall–Kier alpha value is -0.760. The van der Waals surface area contributed by atoms with Crippen LogP contribution in [0.2, 0.25) is 0 Å². The Labute approximate surface area is 119 Å². The topological polar surface area (TPSA) is 9.23 Å². The van der Waals surface area contributed by atoms with Crippen LogP contribution in [0.15, 0.2) is 18.2 Å². The number of fused-ring (bicyclic) bond motifs is 2. The van der Waals surface area contributed by atoms with E-state index in [0.717, 1.165) is 18.3 Å². The van der Waals surface area contributed by atoms with E-state index < -0.39 is 0 Å². The molecule has 0 saturated heterocycles. The van der Waals surface area contributed by atoms with Crippen LogP contribution in [0.5, 0.6) is 5.75 Å². The molecule has 0 amide bonds. The lowest BCUT2D eigenvalue weighted by atomic mass is 9.84. The summed E-state index contributed by atoms with van der Waals surface area (Å²) in [5.41, 5.74) is 0.616. The first-order valence-corrected chi connectivity index (χ1v) is 7.58. The molecule has 0 heterocycles. The second-order valence-electron chi connectivity index (χ2n) is 6.03. The first-order chi connectivity index (χ1) is 9.17. The van der Waals surface area contributed by atoms with Crippen LogP contribution >= 0.6 is 11.6 Å². The van der Waals surface area contributed by atoms with E-state index in [1.165, 1.54) is 31.7 Å². The van der Waals surface area contributed by atoms with E-state index >= 15 is 0 Å². The van der Waals surface area contributed by atoms with Crippen molar-refractivity contribution in [1.82, 2.24) is 0 Å². The van der Waals surface area contributed by atoms with Crippen LogP contribution in [0.3, 0.4) is 0 Å². The van der Waals surface area contributed by atoms with Crippen LogP contribution < -0.4 is 4.74 Å². The number of rotatable bonds is 4. The molecule has 2 aliphatic carbocycles. The van der Waals surface area contributed by atoms with Crippen LogP contribution in [0.4, 0.5) is 4.39 Å². The summed E-state index contributed by atoms with van der Waals surface area (Å²) < 4.78 is 19.0. The molecular weight excluding hydrogens is 263 g/mol. The quantitative estimate of drug-likeness (QED) is 0.711. The minimum absolute atomic E-state index is 0.213. The van der Waals surface area contributed by atoms with Crippen molar-refractivity contribution in [2.24, 2.45) is 17.8 Å². The summed E-state index contributed by atoms with van der Waals surface area (Å²) in [5.74, 6) is 2.75. The third kappa shape index (κ3) is 2.60. The highest BCUT2D eigenvalue weighted by Crippen LogP contribution is 2.51. The van der Waals surface area contributed by atoms with Crippen LogP contribution in [-0.2, 0) is 0 Å². The van der Waals surface area contributed by atoms with Gasteiger partial charge in [-0.15, -0.1) is 11.6 Å². The van der Waals surface area contributed by atoms with Crippen molar-refractivity contribution in [3.8, 4) is 5.75 Å². The summed E-state index contributed by atoms with van der Waals surface area (Å²) >= 11 is 6.44. The minimum atomic E-state index is -0.248. The van der Waals surface area contributed by atoms with E-state index in [0.29, 0.717) is 17.2 Å². The molecule has 2 aliphatic rings. The Bertz CT molecular complexity index is 462. The van der Waals surface area contributed by atoms with E-state index in [9.17, 15) is 4.39 Å². The summed E-state index contributed by atoms with van der Waals surface area (Å²) in [4.78, 5) is 0. The largest absolute Gasteiger partial charge is 0.497 e. The maximum Gasteiger partial charge on any atom is 0.131 e. The maximum absolute atomic E-state index is 14.0. The predicted molar refractivity (Wildman–Crippen MR) is 75.1 cm³/mol. The highest BCUT2D eigenvalue weighted by molar-refractivity contribution is 6.20. The maximum atomic E-state index is 14.0. The Morgan fingerprint density at radius 1 is 1.37 bits per heavy atom. The number of benzene rings is 1. The molecule has 0 aliphatic heterocycles. The van der Waals surface area contributed by atoms with E-state index in [2.05, 4.69) is 0 Å². The molecule has 4 unspecified atom stereocenters. The van der Waals surface area contributed by atoms with Gasteiger partial charge in [0.1, 0.15) is 11.6 Å². The van der Waals surface area contributed by atoms with Crippen LogP contribution in [0, 0.1) is 23.6 Å². The summed E-state index contributed by atoms with van der Waals surface area (Å²) in [6, 6.07) is 4.97. The lowest BCUT2D eigenvalue weighted by Crippen LogP contribution is -2.13. The number of hydrogen-bond acceptors (Lipinski definition) is 1. The Balaban J connectivity index is 1.68. The predicted octanol–water partition coefficient (Wildman–Crippen LogP) is 4.94. The van der Waals surface area contributed by atoms with Crippen molar-refractivity contribution < 1.29 is 9.13 Å². The monoisotopic (exact) mass is 282 g/mol. The van der Waals surface area contributed by atoms with Crippen molar-refractivity contribution in [2.75, 3.05) is 7.11 Å². The van der Waals surface area contributed by atoms with Crippen molar-refractivity contribution in [1.29, 1.82) is 0 Å². The summed E-state index contributed by atoms with van der Waals surface area (Å²) in [6.45, 7) is 0. The van der Waals surface area contributed by atoms with Crippen molar-refractivity contribution in [3.63, 3.8) is 0 Å². The van der Waals surface area contributed by atoms with Crippen LogP contribution in [-0.4, -0.2) is 7.11 Å². The van der Waals surface area contributed by atoms with Gasteiger partial charge in [-0.2, -0.15) is 0 Å². The van der Waals surface area contributed by atoms with Gasteiger partial charge in [-0.25, -0.2) is 4.39 Å². The Morgan fingerprint density at radius 3 is 2.79 bits per heavy atom. The molecule has 3 heteroatoms. The zero-order chi connectivity index (χ0) is 13.4. The standard InChI is InChI=1S/C16H20ClFO/c1-19-13-4-5-14(16(18)9-13)15(17)8-12-7-10-2-3-11(12)6-10/h4-5,9-12,15H,2-3,6-8H2,1H3. The molecule has 0 spiro atoms. The molecule has 0 N–H and O–H groups in total. The molecule has 19 heavy (non-hydrogen) atoms. The van der Waals surface area contributed by atoms with Gasteiger partial charge in [0.15, 0.2) is 0 Å². The van der Waals surface area contributed by atoms with Gasteiger partial charge < -0.3 is 4.74 Å². The van der Waals surface area contributed by atoms with E-state index in [4.69, 9.17) is 16.3 Å². The molecule has 2 fully saturated rings. The van der Waals surface area contributed by atoms with Crippen LogP contribution in [0.1, 0.15) is 43.0 Å². The van der Waals surface area contributed by atoms with E-state index in [-0.39, 0.29) is 11.2 Å². The highest BCUT2D eigenvalue weighted by atomic mass is 35.5. The van der Waals surface area contributed by atoms with Crippen molar-refractivity contribution in [2.45, 2.75) is 37.5 Å². The number of methoxy groups -OCH3 is 1. The van der Waals surface area contributed by atoms with Gasteiger partial charge in [0.25, 0.3) is 0 Å². The number of ether oxygens (including phenoxy) is 1. The Morgan fingerprint density at radius 2 is 2.21 bits per heavy atom. The van der Waals surface area contributed by atoms with Gasteiger partial charge >= 0.3 is 0 Å². The Kier molecular flexibility index (Phi) is 3.70. The van der Waals surface area contributed by atoms with Gasteiger partial charge in [-0.05, 0) is 49.5 Å². The summed E-state index contributed by atoms with van der Waals surface area (Å²) in [6.07, 6.45) is 6.33. The van der Waals surface area contributed by atoms with E-state index in [1.54, 1.807) is 19.2 Å². The van der Waals surface area contributed by atoms with Gasteiger partial charge in [-0.3, -0.25) is 0 Å². The lowest BCUT2D eigenvalue weighted by Gasteiger charge is -2.24. The molecule has 2 saturated carbocycles. The minimum Gasteiger partial charge on any atom is -0.497 e. The average Bonchev–Trinajstić information content (AvgIpc) is 3.00.